The van der Waals surface area contributed by atoms with Gasteiger partial charge in [0.15, 0.2) is 0 Å². The number of aromatic nitrogens is 1. The van der Waals surface area contributed by atoms with Gasteiger partial charge in [0.05, 0.1) is 5.56 Å². The number of hydrogen-bond acceptors (Lipinski definition) is 2. The highest BCUT2D eigenvalue weighted by Crippen LogP contribution is 2.27. The van der Waals surface area contributed by atoms with Gasteiger partial charge in [0.2, 0.25) is 5.91 Å². The molecule has 1 aromatic carbocycles. The van der Waals surface area contributed by atoms with Crippen LogP contribution in [-0.2, 0) is 11.8 Å². The average molecular weight is 341 g/mol. The summed E-state index contributed by atoms with van der Waals surface area (Å²) in [6, 6.07) is 7.73. The lowest BCUT2D eigenvalue weighted by Gasteiger charge is -2.21. The van der Waals surface area contributed by atoms with E-state index in [2.05, 4.69) is 10.9 Å². The second-order valence-electron chi connectivity index (χ2n) is 7.07. The van der Waals surface area contributed by atoms with Gasteiger partial charge in [-0.2, -0.15) is 0 Å². The van der Waals surface area contributed by atoms with Gasteiger partial charge in [0.1, 0.15) is 0 Å². The lowest BCUT2D eigenvalue weighted by atomic mass is 9.86. The molecule has 0 unspecified atom stereocenters. The first kappa shape index (κ1) is 17.5. The van der Waals surface area contributed by atoms with Crippen LogP contribution in [-0.4, -0.2) is 16.4 Å². The molecule has 0 atom stereocenters. The number of amides is 2. The van der Waals surface area contributed by atoms with Gasteiger partial charge >= 0.3 is 0 Å². The summed E-state index contributed by atoms with van der Waals surface area (Å²) in [7, 11) is 1.91. The number of carbonyl (C=O) groups is 2. The maximum atomic E-state index is 12.4. The summed E-state index contributed by atoms with van der Waals surface area (Å²) in [4.78, 5) is 24.3. The highest BCUT2D eigenvalue weighted by Gasteiger charge is 2.15. The second kappa shape index (κ2) is 8.19. The Bertz CT molecular complexity index is 744. The number of nitrogens with zero attached hydrogens (tertiary/aromatic N) is 1. The molecule has 0 radical (unpaired) electrons. The molecule has 1 aromatic heterocycles. The molecule has 1 aliphatic carbocycles. The zero-order chi connectivity index (χ0) is 17.6. The van der Waals surface area contributed by atoms with Crippen molar-refractivity contribution in [3.63, 3.8) is 0 Å². The molecule has 1 heterocycles. The van der Waals surface area contributed by atoms with Crippen LogP contribution in [0.4, 0.5) is 0 Å². The minimum Gasteiger partial charge on any atom is -0.350 e. The first-order valence-electron chi connectivity index (χ1n) is 9.28. The maximum absolute atomic E-state index is 12.4. The molecule has 2 amide bonds. The van der Waals surface area contributed by atoms with E-state index in [0.717, 1.165) is 29.7 Å². The quantitative estimate of drug-likeness (QED) is 0.815. The third kappa shape index (κ3) is 4.41. The summed E-state index contributed by atoms with van der Waals surface area (Å²) in [5, 5.41) is 0.883. The van der Waals surface area contributed by atoms with Crippen LogP contribution < -0.4 is 10.9 Å². The summed E-state index contributed by atoms with van der Waals surface area (Å²) >= 11 is 0. The zero-order valence-corrected chi connectivity index (χ0v) is 14.9. The first-order valence-corrected chi connectivity index (χ1v) is 9.28. The first-order chi connectivity index (χ1) is 12.1. The molecule has 0 bridgehead atoms. The van der Waals surface area contributed by atoms with Crippen LogP contribution in [0.15, 0.2) is 30.5 Å². The molecular weight excluding hydrogens is 314 g/mol. The summed E-state index contributed by atoms with van der Waals surface area (Å²) < 4.78 is 1.91. The van der Waals surface area contributed by atoms with Gasteiger partial charge in [0.25, 0.3) is 5.91 Å². The van der Waals surface area contributed by atoms with E-state index >= 15 is 0 Å². The Morgan fingerprint density at radius 3 is 2.68 bits per heavy atom. The Balaban J connectivity index is 1.45. The number of benzene rings is 1. The molecule has 3 rings (SSSR count). The largest absolute Gasteiger partial charge is 0.350 e. The molecule has 0 spiro atoms. The lowest BCUT2D eigenvalue weighted by Crippen LogP contribution is -2.41. The highest BCUT2D eigenvalue weighted by molar-refractivity contribution is 6.07. The van der Waals surface area contributed by atoms with Crippen molar-refractivity contribution in [1.29, 1.82) is 0 Å². The van der Waals surface area contributed by atoms with Gasteiger partial charge in [-0.25, -0.2) is 0 Å². The van der Waals surface area contributed by atoms with Crippen molar-refractivity contribution >= 4 is 22.7 Å². The number of para-hydroxylation sites is 1. The van der Waals surface area contributed by atoms with Crippen LogP contribution in [0.2, 0.25) is 0 Å². The minimum absolute atomic E-state index is 0.121. The molecule has 1 aliphatic rings. The van der Waals surface area contributed by atoms with Gasteiger partial charge in [-0.3, -0.25) is 20.4 Å². The topological polar surface area (TPSA) is 63.1 Å². The van der Waals surface area contributed by atoms with Crippen molar-refractivity contribution in [1.82, 2.24) is 15.4 Å². The van der Waals surface area contributed by atoms with E-state index in [0.29, 0.717) is 12.0 Å². The van der Waals surface area contributed by atoms with E-state index < -0.39 is 0 Å². The third-order valence-corrected chi connectivity index (χ3v) is 5.20. The van der Waals surface area contributed by atoms with Crippen LogP contribution in [0.25, 0.3) is 10.9 Å². The molecule has 25 heavy (non-hydrogen) atoms. The van der Waals surface area contributed by atoms with Crippen LogP contribution in [0.1, 0.15) is 61.7 Å². The molecule has 2 aromatic rings. The lowest BCUT2D eigenvalue weighted by molar-refractivity contribution is -0.122. The van der Waals surface area contributed by atoms with Gasteiger partial charge in [-0.15, -0.1) is 0 Å². The minimum atomic E-state index is -0.280. The van der Waals surface area contributed by atoms with Crippen molar-refractivity contribution < 1.29 is 9.59 Å². The van der Waals surface area contributed by atoms with E-state index in [1.807, 2.05) is 35.9 Å². The summed E-state index contributed by atoms with van der Waals surface area (Å²) in [6.45, 7) is 0. The average Bonchev–Trinajstić information content (AvgIpc) is 2.98. The molecule has 2 N–H and O–H groups in total. The number of rotatable bonds is 5. The smallest absolute Gasteiger partial charge is 0.271 e. The van der Waals surface area contributed by atoms with Crippen LogP contribution in [0.3, 0.4) is 0 Å². The third-order valence-electron chi connectivity index (χ3n) is 5.20. The summed E-state index contributed by atoms with van der Waals surface area (Å²) in [5.74, 6) is 0.383. The van der Waals surface area contributed by atoms with Crippen LogP contribution in [0.5, 0.6) is 0 Å². The number of hydrazine groups is 1. The maximum Gasteiger partial charge on any atom is 0.271 e. The number of nitrogens with one attached hydrogen (secondary N) is 2. The Morgan fingerprint density at radius 2 is 1.88 bits per heavy atom. The van der Waals surface area contributed by atoms with Gasteiger partial charge in [-0.1, -0.05) is 50.3 Å². The van der Waals surface area contributed by atoms with E-state index in [-0.39, 0.29) is 11.8 Å². The number of aryl methyl sites for hydroxylation is 1. The molecule has 1 fully saturated rings. The number of carbonyl (C=O) groups excluding carboxylic acids is 2. The van der Waals surface area contributed by atoms with Gasteiger partial charge in [-0.05, 0) is 24.8 Å². The molecule has 5 heteroatoms. The zero-order valence-electron chi connectivity index (χ0n) is 14.9. The Morgan fingerprint density at radius 1 is 1.12 bits per heavy atom. The van der Waals surface area contributed by atoms with E-state index in [1.165, 1.54) is 32.1 Å². The summed E-state index contributed by atoms with van der Waals surface area (Å²) in [5.41, 5.74) is 6.65. The van der Waals surface area contributed by atoms with Crippen molar-refractivity contribution in [2.75, 3.05) is 0 Å². The number of hydrogen-bond donors (Lipinski definition) is 2. The van der Waals surface area contributed by atoms with E-state index in [4.69, 9.17) is 0 Å². The molecule has 0 saturated heterocycles. The fraction of sp³-hybridized carbons (Fsp3) is 0.500. The molecular formula is C20H27N3O2. The SMILES string of the molecule is Cn1cc(C(=O)NNC(=O)CCCC2CCCCC2)c2ccccc21. The monoisotopic (exact) mass is 341 g/mol. The Hall–Kier alpha value is -2.30. The fourth-order valence-corrected chi connectivity index (χ4v) is 3.81. The highest BCUT2D eigenvalue weighted by atomic mass is 16.2. The summed E-state index contributed by atoms with van der Waals surface area (Å²) in [6.07, 6.45) is 10.9. The molecule has 134 valence electrons. The molecule has 5 nitrogen and oxygen atoms in total. The normalized spacial score (nSPS) is 15.2. The predicted molar refractivity (Wildman–Crippen MR) is 99.0 cm³/mol. The second-order valence-corrected chi connectivity index (χ2v) is 7.07. The Kier molecular flexibility index (Phi) is 5.74. The Labute approximate surface area is 148 Å². The van der Waals surface area contributed by atoms with Crippen LogP contribution >= 0.6 is 0 Å². The van der Waals surface area contributed by atoms with Crippen molar-refractivity contribution in [3.8, 4) is 0 Å². The van der Waals surface area contributed by atoms with Crippen molar-refractivity contribution in [2.45, 2.75) is 51.4 Å². The van der Waals surface area contributed by atoms with Crippen LogP contribution in [0, 0.1) is 5.92 Å². The van der Waals surface area contributed by atoms with Crippen molar-refractivity contribution in [3.05, 3.63) is 36.0 Å². The predicted octanol–water partition coefficient (Wildman–Crippen LogP) is 3.69. The van der Waals surface area contributed by atoms with Gasteiger partial charge < -0.3 is 4.57 Å². The standard InChI is InChI=1S/C20H27N3O2/c1-23-14-17(16-11-5-6-12-18(16)23)20(25)22-21-19(24)13-7-10-15-8-3-2-4-9-15/h5-6,11-12,14-15H,2-4,7-10,13H2,1H3,(H,21,24)(H,22,25). The van der Waals surface area contributed by atoms with E-state index in [1.54, 1.807) is 6.20 Å². The fourth-order valence-electron chi connectivity index (χ4n) is 3.81. The van der Waals surface area contributed by atoms with E-state index in [9.17, 15) is 9.59 Å². The van der Waals surface area contributed by atoms with Gasteiger partial charge in [0, 0.05) is 30.6 Å². The number of fused-ring (bicyclic) bond motifs is 1. The van der Waals surface area contributed by atoms with Crippen molar-refractivity contribution in [2.24, 2.45) is 13.0 Å². The molecule has 1 saturated carbocycles. The molecule has 0 aliphatic heterocycles.